The molecular weight excluding hydrogens is 370 g/mol. The van der Waals surface area contributed by atoms with Crippen LogP contribution in [0.5, 0.6) is 5.75 Å². The van der Waals surface area contributed by atoms with Crippen molar-refractivity contribution in [3.8, 4) is 5.75 Å². The van der Waals surface area contributed by atoms with Gasteiger partial charge in [0.05, 0.1) is 17.2 Å². The predicted octanol–water partition coefficient (Wildman–Crippen LogP) is 4.82. The summed E-state index contributed by atoms with van der Waals surface area (Å²) in [5.41, 5.74) is 2.94. The van der Waals surface area contributed by atoms with Gasteiger partial charge < -0.3 is 15.0 Å². The molecule has 28 heavy (non-hydrogen) atoms. The summed E-state index contributed by atoms with van der Waals surface area (Å²) in [6.07, 6.45) is 1.86. The molecule has 2 aromatic carbocycles. The fraction of sp³-hybridized carbons (Fsp3) is 0.273. The van der Waals surface area contributed by atoms with E-state index in [1.165, 1.54) is 17.4 Å². The Balaban J connectivity index is 1.71. The van der Waals surface area contributed by atoms with Crippen LogP contribution in [-0.4, -0.2) is 30.8 Å². The Labute approximate surface area is 170 Å². The topological polar surface area (TPSA) is 53.9 Å². The number of benzene rings is 2. The van der Waals surface area contributed by atoms with Gasteiger partial charge in [-0.05, 0) is 80.6 Å². The molecule has 6 heteroatoms. The minimum Gasteiger partial charge on any atom is -0.494 e. The zero-order valence-corrected chi connectivity index (χ0v) is 17.3. The van der Waals surface area contributed by atoms with Crippen molar-refractivity contribution in [1.82, 2.24) is 5.32 Å². The third-order valence-corrected chi connectivity index (χ3v) is 5.26. The van der Waals surface area contributed by atoms with E-state index in [0.717, 1.165) is 30.1 Å². The summed E-state index contributed by atoms with van der Waals surface area (Å²) >= 11 is 1.35. The summed E-state index contributed by atoms with van der Waals surface area (Å²) in [5, 5.41) is 3.43. The second kappa shape index (κ2) is 9.46. The fourth-order valence-electron chi connectivity index (χ4n) is 2.90. The molecule has 0 saturated carbocycles. The monoisotopic (exact) mass is 395 g/mol. The Bertz CT molecular complexity index is 870. The molecule has 1 aliphatic heterocycles. The molecule has 1 fully saturated rings. The van der Waals surface area contributed by atoms with Gasteiger partial charge in [-0.25, -0.2) is 4.99 Å². The number of amidine groups is 1. The van der Waals surface area contributed by atoms with E-state index < -0.39 is 0 Å². The molecule has 146 valence electrons. The number of rotatable bonds is 7. The molecule has 5 nitrogen and oxygen atoms in total. The molecule has 2 aromatic rings. The molecule has 3 rings (SSSR count). The minimum absolute atomic E-state index is 0.127. The van der Waals surface area contributed by atoms with Crippen molar-refractivity contribution >= 4 is 40.3 Å². The largest absolute Gasteiger partial charge is 0.494 e. The van der Waals surface area contributed by atoms with Crippen LogP contribution in [0.15, 0.2) is 58.4 Å². The van der Waals surface area contributed by atoms with E-state index in [9.17, 15) is 4.79 Å². The van der Waals surface area contributed by atoms with Crippen molar-refractivity contribution in [2.24, 2.45) is 4.99 Å². The fourth-order valence-corrected chi connectivity index (χ4v) is 3.74. The van der Waals surface area contributed by atoms with Gasteiger partial charge in [-0.3, -0.25) is 4.79 Å². The van der Waals surface area contributed by atoms with E-state index in [1.54, 1.807) is 0 Å². The number of nitrogens with one attached hydrogen (secondary N) is 1. The maximum atomic E-state index is 12.3. The van der Waals surface area contributed by atoms with Crippen LogP contribution < -0.4 is 15.0 Å². The van der Waals surface area contributed by atoms with Gasteiger partial charge >= 0.3 is 0 Å². The Morgan fingerprint density at radius 1 is 1.04 bits per heavy atom. The smallest absolute Gasteiger partial charge is 0.264 e. The maximum absolute atomic E-state index is 12.3. The molecule has 1 saturated heterocycles. The maximum Gasteiger partial charge on any atom is 0.264 e. The lowest BCUT2D eigenvalue weighted by molar-refractivity contribution is -0.115. The summed E-state index contributed by atoms with van der Waals surface area (Å²) in [6, 6.07) is 15.7. The number of anilines is 1. The Morgan fingerprint density at radius 2 is 1.71 bits per heavy atom. The number of carbonyl (C=O) groups is 1. The van der Waals surface area contributed by atoms with Gasteiger partial charge in [0, 0.05) is 18.8 Å². The summed E-state index contributed by atoms with van der Waals surface area (Å²) in [6.45, 7) is 8.80. The standard InChI is InChI=1S/C22H25N3O2S/c1-4-25(5-2)18-11-9-17(10-12-18)23-22-24-21(26)20(28-22)15-16-7-13-19(14-8-16)27-6-3/h7-15H,4-6H2,1-3H3,(H,23,24,26)/b20-15-. The number of ether oxygens (including phenoxy) is 1. The lowest BCUT2D eigenvalue weighted by atomic mass is 10.2. The lowest BCUT2D eigenvalue weighted by Gasteiger charge is -2.20. The first-order valence-electron chi connectivity index (χ1n) is 9.50. The van der Waals surface area contributed by atoms with Gasteiger partial charge in [-0.15, -0.1) is 0 Å². The number of nitrogens with zero attached hydrogens (tertiary/aromatic N) is 2. The number of aliphatic imine (C=N–C) groups is 1. The highest BCUT2D eigenvalue weighted by Gasteiger charge is 2.23. The normalized spacial score (nSPS) is 16.5. The second-order valence-corrected chi connectivity index (χ2v) is 7.20. The summed E-state index contributed by atoms with van der Waals surface area (Å²) < 4.78 is 5.45. The van der Waals surface area contributed by atoms with Gasteiger partial charge in [-0.2, -0.15) is 0 Å². The van der Waals surface area contributed by atoms with Crippen molar-refractivity contribution in [2.75, 3.05) is 24.6 Å². The van der Waals surface area contributed by atoms with E-state index in [0.29, 0.717) is 16.7 Å². The average Bonchev–Trinajstić information content (AvgIpc) is 3.04. The lowest BCUT2D eigenvalue weighted by Crippen LogP contribution is -2.21. The SMILES string of the molecule is CCOc1ccc(/C=C2\SC(=Nc3ccc(N(CC)CC)cc3)NC2=O)cc1. The molecule has 0 atom stereocenters. The Morgan fingerprint density at radius 3 is 2.32 bits per heavy atom. The van der Waals surface area contributed by atoms with Crippen LogP contribution in [0.2, 0.25) is 0 Å². The van der Waals surface area contributed by atoms with Crippen LogP contribution >= 0.6 is 11.8 Å². The van der Waals surface area contributed by atoms with Crippen LogP contribution in [0, 0.1) is 0 Å². The van der Waals surface area contributed by atoms with Crippen LogP contribution in [0.4, 0.5) is 11.4 Å². The van der Waals surface area contributed by atoms with Gasteiger partial charge in [0.25, 0.3) is 5.91 Å². The molecule has 0 bridgehead atoms. The highest BCUT2D eigenvalue weighted by molar-refractivity contribution is 8.18. The zero-order valence-electron chi connectivity index (χ0n) is 16.4. The first-order chi connectivity index (χ1) is 13.6. The molecule has 0 radical (unpaired) electrons. The van der Waals surface area contributed by atoms with Crippen LogP contribution in [0.3, 0.4) is 0 Å². The third-order valence-electron chi connectivity index (χ3n) is 4.35. The molecular formula is C22H25N3O2S. The number of carbonyl (C=O) groups excluding carboxylic acids is 1. The minimum atomic E-state index is -0.127. The van der Waals surface area contributed by atoms with E-state index in [1.807, 2.05) is 49.4 Å². The molecule has 1 amide bonds. The van der Waals surface area contributed by atoms with Crippen molar-refractivity contribution in [2.45, 2.75) is 20.8 Å². The van der Waals surface area contributed by atoms with Crippen molar-refractivity contribution in [3.63, 3.8) is 0 Å². The molecule has 1 N–H and O–H groups in total. The first-order valence-corrected chi connectivity index (χ1v) is 10.3. The number of hydrogen-bond donors (Lipinski definition) is 1. The molecule has 0 aromatic heterocycles. The summed E-state index contributed by atoms with van der Waals surface area (Å²) in [4.78, 5) is 19.7. The van der Waals surface area contributed by atoms with E-state index in [4.69, 9.17) is 4.74 Å². The van der Waals surface area contributed by atoms with E-state index >= 15 is 0 Å². The van der Waals surface area contributed by atoms with E-state index in [-0.39, 0.29) is 5.91 Å². The van der Waals surface area contributed by atoms with Gasteiger partial charge in [0.2, 0.25) is 0 Å². The van der Waals surface area contributed by atoms with Gasteiger partial charge in [0.1, 0.15) is 5.75 Å². The molecule has 1 aliphatic rings. The number of amides is 1. The molecule has 0 unspecified atom stereocenters. The quantitative estimate of drug-likeness (QED) is 0.683. The molecule has 0 spiro atoms. The van der Waals surface area contributed by atoms with Gasteiger partial charge in [-0.1, -0.05) is 12.1 Å². The Kier molecular flexibility index (Phi) is 6.76. The molecule has 0 aliphatic carbocycles. The number of hydrogen-bond acceptors (Lipinski definition) is 5. The van der Waals surface area contributed by atoms with Gasteiger partial charge in [0.15, 0.2) is 5.17 Å². The van der Waals surface area contributed by atoms with Crippen LogP contribution in [0.25, 0.3) is 6.08 Å². The highest BCUT2D eigenvalue weighted by Crippen LogP contribution is 2.29. The second-order valence-electron chi connectivity index (χ2n) is 6.17. The average molecular weight is 396 g/mol. The highest BCUT2D eigenvalue weighted by atomic mass is 32.2. The first kappa shape index (κ1) is 20.0. The Hall–Kier alpha value is -2.73. The third kappa shape index (κ3) is 4.95. The van der Waals surface area contributed by atoms with Crippen molar-refractivity contribution < 1.29 is 9.53 Å². The molecule has 1 heterocycles. The van der Waals surface area contributed by atoms with Crippen molar-refractivity contribution in [3.05, 3.63) is 59.0 Å². The van der Waals surface area contributed by atoms with Crippen LogP contribution in [-0.2, 0) is 4.79 Å². The van der Waals surface area contributed by atoms with Crippen LogP contribution in [0.1, 0.15) is 26.3 Å². The van der Waals surface area contributed by atoms with E-state index in [2.05, 4.69) is 41.2 Å². The predicted molar refractivity (Wildman–Crippen MR) is 118 cm³/mol. The zero-order chi connectivity index (χ0) is 19.9. The summed E-state index contributed by atoms with van der Waals surface area (Å²) in [5.74, 6) is 0.695. The summed E-state index contributed by atoms with van der Waals surface area (Å²) in [7, 11) is 0. The van der Waals surface area contributed by atoms with Crippen molar-refractivity contribution in [1.29, 1.82) is 0 Å². The number of thioether (sulfide) groups is 1.